The van der Waals surface area contributed by atoms with E-state index < -0.39 is 17.6 Å². The summed E-state index contributed by atoms with van der Waals surface area (Å²) in [5.74, 6) is 0.0915. The molecule has 10 heteroatoms. The maximum Gasteiger partial charge on any atom is 0.360 e. The molecule has 2 aromatic rings. The topological polar surface area (TPSA) is 144 Å². The van der Waals surface area contributed by atoms with Crippen LogP contribution in [0.1, 0.15) is 46.0 Å². The normalized spacial score (nSPS) is 11.8. The Kier molecular flexibility index (Phi) is 9.86. The van der Waals surface area contributed by atoms with Gasteiger partial charge in [-0.1, -0.05) is 20.3 Å². The van der Waals surface area contributed by atoms with E-state index in [1.54, 1.807) is 24.3 Å². The molecule has 3 amide bonds. The Morgan fingerprint density at radius 1 is 1.18 bits per heavy atom. The van der Waals surface area contributed by atoms with Gasteiger partial charge in [0.05, 0.1) is 13.2 Å². The molecule has 4 N–H and O–H groups in total. The van der Waals surface area contributed by atoms with Crippen LogP contribution in [-0.4, -0.2) is 37.9 Å². The van der Waals surface area contributed by atoms with Gasteiger partial charge in [0.15, 0.2) is 0 Å². The van der Waals surface area contributed by atoms with Crippen molar-refractivity contribution in [3.8, 4) is 5.75 Å². The molecule has 1 aromatic carbocycles. The fourth-order valence-corrected chi connectivity index (χ4v) is 3.28. The van der Waals surface area contributed by atoms with E-state index in [-0.39, 0.29) is 23.9 Å². The van der Waals surface area contributed by atoms with Gasteiger partial charge in [-0.3, -0.25) is 25.2 Å². The first-order valence-electron chi connectivity index (χ1n) is 10.9. The lowest BCUT2D eigenvalue weighted by Gasteiger charge is -2.16. The van der Waals surface area contributed by atoms with Crippen LogP contribution in [0.3, 0.4) is 0 Å². The maximum atomic E-state index is 12.3. The Hall–Kier alpha value is -3.40. The van der Waals surface area contributed by atoms with Gasteiger partial charge in [0.25, 0.3) is 5.91 Å². The van der Waals surface area contributed by atoms with Crippen molar-refractivity contribution in [3.63, 3.8) is 0 Å². The molecular formula is C23H32N4O6. The Morgan fingerprint density at radius 2 is 1.94 bits per heavy atom. The molecule has 0 aliphatic rings. The van der Waals surface area contributed by atoms with E-state index in [1.165, 1.54) is 12.0 Å². The molecule has 0 spiro atoms. The van der Waals surface area contributed by atoms with Gasteiger partial charge in [-0.2, -0.15) is 0 Å². The van der Waals surface area contributed by atoms with E-state index in [9.17, 15) is 19.2 Å². The van der Waals surface area contributed by atoms with Crippen LogP contribution in [0.4, 0.5) is 5.69 Å². The largest absolute Gasteiger partial charge is 0.497 e. The van der Waals surface area contributed by atoms with Crippen LogP contribution in [0.15, 0.2) is 33.5 Å². The second kappa shape index (κ2) is 12.6. The third kappa shape index (κ3) is 7.90. The lowest BCUT2D eigenvalue weighted by atomic mass is 10.0. The first kappa shape index (κ1) is 25.9. The number of fused-ring (bicyclic) bond motifs is 1. The van der Waals surface area contributed by atoms with Crippen molar-refractivity contribution < 1.29 is 23.5 Å². The number of hydrazine groups is 1. The van der Waals surface area contributed by atoms with Gasteiger partial charge in [-0.15, -0.1) is 0 Å². The van der Waals surface area contributed by atoms with Gasteiger partial charge in [0.2, 0.25) is 12.3 Å². The van der Waals surface area contributed by atoms with Crippen molar-refractivity contribution >= 4 is 34.9 Å². The number of unbranched alkanes of at least 4 members (excludes halogenated alkanes) is 2. The fraction of sp³-hybridized carbons (Fsp3) is 0.478. The SMILES string of the molecule is COc1ccc2cc(N(C=O)CCCCCC(=O)NNC(=O)[C@@H](N)CC(C)C)c(=O)oc2c1. The number of hydrogen-bond acceptors (Lipinski definition) is 7. The fourth-order valence-electron chi connectivity index (χ4n) is 3.28. The highest BCUT2D eigenvalue weighted by Gasteiger charge is 2.16. The molecule has 0 fully saturated rings. The van der Waals surface area contributed by atoms with Crippen LogP contribution in [0, 0.1) is 5.92 Å². The van der Waals surface area contributed by atoms with Crippen LogP contribution in [0.25, 0.3) is 11.0 Å². The van der Waals surface area contributed by atoms with E-state index in [0.29, 0.717) is 55.4 Å². The smallest absolute Gasteiger partial charge is 0.360 e. The maximum absolute atomic E-state index is 12.3. The van der Waals surface area contributed by atoms with E-state index in [1.807, 2.05) is 13.8 Å². The summed E-state index contributed by atoms with van der Waals surface area (Å²) < 4.78 is 10.5. The second-order valence-electron chi connectivity index (χ2n) is 8.21. The van der Waals surface area contributed by atoms with Crippen molar-refractivity contribution in [2.24, 2.45) is 11.7 Å². The van der Waals surface area contributed by atoms with Crippen LogP contribution in [0.2, 0.25) is 0 Å². The third-order valence-corrected chi connectivity index (χ3v) is 5.05. The van der Waals surface area contributed by atoms with Crippen molar-refractivity contribution in [1.29, 1.82) is 0 Å². The first-order valence-corrected chi connectivity index (χ1v) is 10.9. The molecule has 1 aromatic heterocycles. The number of nitrogens with one attached hydrogen (secondary N) is 2. The molecule has 0 aliphatic carbocycles. The monoisotopic (exact) mass is 460 g/mol. The van der Waals surface area contributed by atoms with Gasteiger partial charge >= 0.3 is 5.63 Å². The highest BCUT2D eigenvalue weighted by atomic mass is 16.5. The zero-order valence-corrected chi connectivity index (χ0v) is 19.3. The zero-order chi connectivity index (χ0) is 24.4. The highest BCUT2D eigenvalue weighted by molar-refractivity contribution is 5.85. The molecular weight excluding hydrogens is 428 g/mol. The number of methoxy groups -OCH3 is 1. The predicted octanol–water partition coefficient (Wildman–Crippen LogP) is 1.85. The van der Waals surface area contributed by atoms with Gasteiger partial charge in [0.1, 0.15) is 17.0 Å². The van der Waals surface area contributed by atoms with Crippen molar-refractivity contribution in [2.75, 3.05) is 18.6 Å². The van der Waals surface area contributed by atoms with Gasteiger partial charge in [-0.25, -0.2) is 4.79 Å². The van der Waals surface area contributed by atoms with Crippen molar-refractivity contribution in [2.45, 2.75) is 52.0 Å². The van der Waals surface area contributed by atoms with E-state index in [4.69, 9.17) is 14.9 Å². The summed E-state index contributed by atoms with van der Waals surface area (Å²) in [6.07, 6.45) is 3.11. The Bertz CT molecular complexity index is 1020. The molecule has 2 rings (SSSR count). The van der Waals surface area contributed by atoms with E-state index in [0.717, 1.165) is 0 Å². The van der Waals surface area contributed by atoms with E-state index in [2.05, 4.69) is 10.9 Å². The summed E-state index contributed by atoms with van der Waals surface area (Å²) in [6, 6.07) is 6.03. The summed E-state index contributed by atoms with van der Waals surface area (Å²) >= 11 is 0. The lowest BCUT2D eigenvalue weighted by Crippen LogP contribution is -2.49. The van der Waals surface area contributed by atoms with Crippen molar-refractivity contribution in [3.05, 3.63) is 34.7 Å². The molecule has 1 heterocycles. The molecule has 0 saturated carbocycles. The molecule has 0 saturated heterocycles. The standard InChI is InChI=1S/C23H32N4O6/c1-15(2)11-18(24)22(30)26-25-21(29)7-5-4-6-10-27(14-28)19-12-16-8-9-17(32-3)13-20(16)33-23(19)31/h8-9,12-15,18H,4-7,10-11,24H2,1-3H3,(H,25,29)(H,26,30)/t18-/m0/s1. The van der Waals surface area contributed by atoms with E-state index >= 15 is 0 Å². The number of ether oxygens (including phenoxy) is 1. The molecule has 33 heavy (non-hydrogen) atoms. The minimum atomic E-state index is -0.672. The Balaban J connectivity index is 1.78. The molecule has 10 nitrogen and oxygen atoms in total. The number of rotatable bonds is 12. The summed E-state index contributed by atoms with van der Waals surface area (Å²) in [4.78, 5) is 48.9. The first-order chi connectivity index (χ1) is 15.7. The lowest BCUT2D eigenvalue weighted by molar-refractivity contribution is -0.129. The Labute approximate surface area is 192 Å². The predicted molar refractivity (Wildman–Crippen MR) is 125 cm³/mol. The number of nitrogens with zero attached hydrogens (tertiary/aromatic N) is 1. The number of nitrogens with two attached hydrogens (primary N) is 1. The average molecular weight is 461 g/mol. The average Bonchev–Trinajstić information content (AvgIpc) is 2.78. The van der Waals surface area contributed by atoms with Crippen LogP contribution in [0.5, 0.6) is 5.75 Å². The van der Waals surface area contributed by atoms with Crippen molar-refractivity contribution in [1.82, 2.24) is 10.9 Å². The minimum absolute atomic E-state index is 0.154. The number of carbonyl (C=O) groups is 3. The second-order valence-corrected chi connectivity index (χ2v) is 8.21. The van der Waals surface area contributed by atoms with Gasteiger partial charge in [-0.05, 0) is 43.4 Å². The van der Waals surface area contributed by atoms with Crippen LogP contribution in [-0.2, 0) is 14.4 Å². The number of carbonyl (C=O) groups excluding carboxylic acids is 3. The zero-order valence-electron chi connectivity index (χ0n) is 19.3. The highest BCUT2D eigenvalue weighted by Crippen LogP contribution is 2.22. The quantitative estimate of drug-likeness (QED) is 0.190. The molecule has 1 atom stereocenters. The molecule has 0 aliphatic heterocycles. The molecule has 0 unspecified atom stereocenters. The third-order valence-electron chi connectivity index (χ3n) is 5.05. The summed E-state index contributed by atoms with van der Waals surface area (Å²) in [5.41, 5.74) is 10.4. The molecule has 0 radical (unpaired) electrons. The van der Waals surface area contributed by atoms with Gasteiger partial charge in [0, 0.05) is 24.4 Å². The number of anilines is 1. The summed E-state index contributed by atoms with van der Waals surface area (Å²) in [7, 11) is 1.52. The number of benzene rings is 1. The minimum Gasteiger partial charge on any atom is -0.497 e. The van der Waals surface area contributed by atoms with Crippen LogP contribution >= 0.6 is 0 Å². The molecule has 180 valence electrons. The number of amides is 3. The molecule has 0 bridgehead atoms. The van der Waals surface area contributed by atoms with Crippen LogP contribution < -0.4 is 31.8 Å². The summed E-state index contributed by atoms with van der Waals surface area (Å²) in [6.45, 7) is 4.22. The van der Waals surface area contributed by atoms with Gasteiger partial charge < -0.3 is 19.8 Å². The summed E-state index contributed by atoms with van der Waals surface area (Å²) in [5, 5.41) is 0.670. The number of hydrogen-bond donors (Lipinski definition) is 3. The Morgan fingerprint density at radius 3 is 2.61 bits per heavy atom.